The van der Waals surface area contributed by atoms with Gasteiger partial charge < -0.3 is 16.5 Å². The number of benzene rings is 1. The molecule has 162 valence electrons. The highest BCUT2D eigenvalue weighted by Crippen LogP contribution is 2.29. The zero-order valence-electron chi connectivity index (χ0n) is 16.2. The van der Waals surface area contributed by atoms with Crippen molar-refractivity contribution in [2.45, 2.75) is 19.3 Å². The number of carbonyl (C=O) groups is 1. The summed E-state index contributed by atoms with van der Waals surface area (Å²) in [5.41, 5.74) is 7.78. The molecule has 1 aliphatic heterocycles. The number of nitrogens with two attached hydrogens (primary N) is 1. The average Bonchev–Trinajstić information content (AvgIpc) is 3.08. The van der Waals surface area contributed by atoms with E-state index in [2.05, 4.69) is 10.3 Å². The molecule has 1 aromatic heterocycles. The summed E-state index contributed by atoms with van der Waals surface area (Å²) in [5.74, 6) is -1.21. The quantitative estimate of drug-likeness (QED) is 0.368. The molecule has 0 fully saturated rings. The normalized spacial score (nSPS) is 14.6. The lowest BCUT2D eigenvalue weighted by Gasteiger charge is -2.16. The number of carbonyl (C=O) groups excluding carboxylic acids is 1. The molecule has 0 aliphatic carbocycles. The van der Waals surface area contributed by atoms with Gasteiger partial charge in [-0.15, -0.1) is 0 Å². The van der Waals surface area contributed by atoms with Crippen LogP contribution in [0.4, 0.5) is 23.2 Å². The first-order valence-electron chi connectivity index (χ1n) is 9.16. The molecule has 3 rings (SSSR count). The fourth-order valence-corrected chi connectivity index (χ4v) is 3.34. The number of nitrogens with one attached hydrogen (secondary N) is 2. The first-order valence-corrected chi connectivity index (χ1v) is 9.16. The van der Waals surface area contributed by atoms with E-state index in [9.17, 15) is 22.4 Å². The van der Waals surface area contributed by atoms with Gasteiger partial charge in [-0.05, 0) is 29.3 Å². The summed E-state index contributed by atoms with van der Waals surface area (Å²) >= 11 is 0. The predicted molar refractivity (Wildman–Crippen MR) is 109 cm³/mol. The van der Waals surface area contributed by atoms with Crippen LogP contribution in [-0.4, -0.2) is 34.7 Å². The van der Waals surface area contributed by atoms with Crippen LogP contribution in [0.15, 0.2) is 42.9 Å². The van der Waals surface area contributed by atoms with Crippen LogP contribution in [0.1, 0.15) is 22.3 Å². The van der Waals surface area contributed by atoms with Crippen molar-refractivity contribution in [3.63, 3.8) is 0 Å². The Balaban J connectivity index is 1.71. The zero-order valence-corrected chi connectivity index (χ0v) is 16.2. The Labute approximate surface area is 175 Å². The molecule has 0 bridgehead atoms. The van der Waals surface area contributed by atoms with Crippen LogP contribution in [0.25, 0.3) is 11.6 Å². The van der Waals surface area contributed by atoms with Crippen molar-refractivity contribution in [2.75, 3.05) is 11.9 Å². The number of hydrogen-bond acceptors (Lipinski definition) is 5. The number of aromatic nitrogens is 1. The SMILES string of the molecule is N=C/C(=C\N)c1c(F)cncc1/C=C/C(=O)Nc1ccc2c(c1)CN(CC(F)(F)F)C2. The molecule has 1 aromatic carbocycles. The van der Waals surface area contributed by atoms with Crippen molar-refractivity contribution >= 4 is 29.5 Å². The standard InChI is InChI=1S/C21H19F4N5O/c22-18-9-28-8-13(20(18)16(6-26)7-27)2-4-19(31)29-17-3-1-14-10-30(11-15(14)5-17)12-21(23,24)25/h1-9,26H,10-12,27H2,(H,29,31)/b4-2+,16-7+,26-6?. The number of amides is 1. The molecule has 0 saturated heterocycles. The number of fused-ring (bicyclic) bond motifs is 1. The van der Waals surface area contributed by atoms with Crippen molar-refractivity contribution in [1.29, 1.82) is 5.41 Å². The van der Waals surface area contributed by atoms with E-state index in [1.807, 2.05) is 0 Å². The summed E-state index contributed by atoms with van der Waals surface area (Å²) < 4.78 is 51.9. The molecule has 0 saturated carbocycles. The molecule has 2 heterocycles. The summed E-state index contributed by atoms with van der Waals surface area (Å²) in [4.78, 5) is 17.3. The first kappa shape index (κ1) is 22.2. The molecule has 1 amide bonds. The van der Waals surface area contributed by atoms with E-state index in [1.54, 1.807) is 18.2 Å². The molecular weight excluding hydrogens is 414 g/mol. The lowest BCUT2D eigenvalue weighted by Crippen LogP contribution is -2.29. The second kappa shape index (κ2) is 9.09. The predicted octanol–water partition coefficient (Wildman–Crippen LogP) is 3.70. The number of hydrogen-bond donors (Lipinski definition) is 3. The van der Waals surface area contributed by atoms with Gasteiger partial charge in [0.25, 0.3) is 0 Å². The maximum atomic E-state index is 14.1. The molecule has 0 atom stereocenters. The highest BCUT2D eigenvalue weighted by molar-refractivity contribution is 6.10. The fraction of sp³-hybridized carbons (Fsp3) is 0.190. The number of pyridine rings is 1. The van der Waals surface area contributed by atoms with Crippen LogP contribution in [0, 0.1) is 11.2 Å². The summed E-state index contributed by atoms with van der Waals surface area (Å²) in [6.07, 6.45) is 2.52. The zero-order chi connectivity index (χ0) is 22.6. The summed E-state index contributed by atoms with van der Waals surface area (Å²) in [6, 6.07) is 4.93. The van der Waals surface area contributed by atoms with Crippen LogP contribution in [0.5, 0.6) is 0 Å². The lowest BCUT2D eigenvalue weighted by molar-refractivity contribution is -0.147. The smallest absolute Gasteiger partial charge is 0.401 e. The Bertz CT molecular complexity index is 1060. The first-order chi connectivity index (χ1) is 14.7. The van der Waals surface area contributed by atoms with E-state index in [0.29, 0.717) is 11.3 Å². The van der Waals surface area contributed by atoms with Gasteiger partial charge >= 0.3 is 6.18 Å². The largest absolute Gasteiger partial charge is 0.404 e. The Morgan fingerprint density at radius 2 is 2.00 bits per heavy atom. The average molecular weight is 433 g/mol. The maximum Gasteiger partial charge on any atom is 0.401 e. The minimum Gasteiger partial charge on any atom is -0.404 e. The van der Waals surface area contributed by atoms with Crippen molar-refractivity contribution in [3.8, 4) is 0 Å². The fourth-order valence-electron chi connectivity index (χ4n) is 3.34. The summed E-state index contributed by atoms with van der Waals surface area (Å²) in [6.45, 7) is -0.655. The summed E-state index contributed by atoms with van der Waals surface area (Å²) in [5, 5.41) is 9.98. The molecule has 6 nitrogen and oxygen atoms in total. The number of alkyl halides is 3. The monoisotopic (exact) mass is 433 g/mol. The molecule has 2 aromatic rings. The second-order valence-corrected chi connectivity index (χ2v) is 6.92. The third-order valence-electron chi connectivity index (χ3n) is 4.63. The highest BCUT2D eigenvalue weighted by Gasteiger charge is 2.33. The molecule has 1 aliphatic rings. The van der Waals surface area contributed by atoms with Crippen molar-refractivity contribution in [1.82, 2.24) is 9.88 Å². The van der Waals surface area contributed by atoms with Crippen LogP contribution < -0.4 is 11.1 Å². The van der Waals surface area contributed by atoms with Crippen LogP contribution >= 0.6 is 0 Å². The van der Waals surface area contributed by atoms with Gasteiger partial charge in [0.05, 0.1) is 12.7 Å². The van der Waals surface area contributed by atoms with Crippen molar-refractivity contribution < 1.29 is 22.4 Å². The van der Waals surface area contributed by atoms with E-state index in [1.165, 1.54) is 23.2 Å². The minimum atomic E-state index is -4.27. The topological polar surface area (TPSA) is 95.1 Å². The maximum absolute atomic E-state index is 14.1. The van der Waals surface area contributed by atoms with Gasteiger partial charge in [0.15, 0.2) is 0 Å². The highest BCUT2D eigenvalue weighted by atomic mass is 19.4. The van der Waals surface area contributed by atoms with Crippen molar-refractivity contribution in [3.05, 3.63) is 70.9 Å². The van der Waals surface area contributed by atoms with E-state index < -0.39 is 24.4 Å². The molecule has 0 unspecified atom stereocenters. The van der Waals surface area contributed by atoms with Crippen LogP contribution in [0.3, 0.4) is 0 Å². The second-order valence-electron chi connectivity index (χ2n) is 6.92. The van der Waals surface area contributed by atoms with Gasteiger partial charge in [-0.2, -0.15) is 13.2 Å². The van der Waals surface area contributed by atoms with Gasteiger partial charge in [-0.1, -0.05) is 6.07 Å². The van der Waals surface area contributed by atoms with Crippen molar-refractivity contribution in [2.24, 2.45) is 5.73 Å². The minimum absolute atomic E-state index is 0.0406. The van der Waals surface area contributed by atoms with E-state index in [0.717, 1.165) is 24.2 Å². The van der Waals surface area contributed by atoms with Gasteiger partial charge in [0.1, 0.15) is 5.82 Å². The molecule has 0 spiro atoms. The summed E-state index contributed by atoms with van der Waals surface area (Å²) in [7, 11) is 0. The van der Waals surface area contributed by atoms with E-state index >= 15 is 0 Å². The number of halogens is 4. The molecule has 0 radical (unpaired) electrons. The van der Waals surface area contributed by atoms with Crippen LogP contribution in [-0.2, 0) is 17.9 Å². The number of allylic oxidation sites excluding steroid dienone is 1. The van der Waals surface area contributed by atoms with Gasteiger partial charge in [-0.25, -0.2) is 4.39 Å². The molecular formula is C21H19F4N5O. The van der Waals surface area contributed by atoms with Gasteiger partial charge in [-0.3, -0.25) is 14.7 Å². The van der Waals surface area contributed by atoms with Gasteiger partial charge in [0.2, 0.25) is 5.91 Å². The Hall–Kier alpha value is -3.53. The molecule has 4 N–H and O–H groups in total. The lowest BCUT2D eigenvalue weighted by atomic mass is 10.0. The third-order valence-corrected chi connectivity index (χ3v) is 4.63. The Morgan fingerprint density at radius 1 is 1.26 bits per heavy atom. The third kappa shape index (κ3) is 5.54. The number of rotatable bonds is 6. The Morgan fingerprint density at radius 3 is 2.68 bits per heavy atom. The molecule has 10 heteroatoms. The Kier molecular flexibility index (Phi) is 6.50. The molecule has 31 heavy (non-hydrogen) atoms. The van der Waals surface area contributed by atoms with Gasteiger partial charge in [0, 0.05) is 60.2 Å². The van der Waals surface area contributed by atoms with E-state index in [4.69, 9.17) is 11.1 Å². The number of anilines is 1. The van der Waals surface area contributed by atoms with Crippen LogP contribution in [0.2, 0.25) is 0 Å². The van der Waals surface area contributed by atoms with E-state index in [-0.39, 0.29) is 29.8 Å². The number of nitrogens with zero attached hydrogens (tertiary/aromatic N) is 2.